The molecule has 1 aliphatic heterocycles. The van der Waals surface area contributed by atoms with Gasteiger partial charge in [-0.05, 0) is 36.8 Å². The van der Waals surface area contributed by atoms with E-state index in [1.54, 1.807) is 7.11 Å². The lowest BCUT2D eigenvalue weighted by atomic mass is 10.0. The number of benzene rings is 2. The number of hydrogen-bond donors (Lipinski definition) is 2. The van der Waals surface area contributed by atoms with E-state index in [9.17, 15) is 4.79 Å². The molecule has 2 heterocycles. The second kappa shape index (κ2) is 7.32. The Kier molecular flexibility index (Phi) is 4.72. The molecule has 0 saturated heterocycles. The standard InChI is InChI=1S/C19H19N5O2S/c1-12-21-22-19-24(12)23-16(13-8-10-15(26-2)11-9-13)17(27-19)18(25)20-14-6-4-3-5-7-14/h3-11,16-17,23H,1-2H3,(H,20,25)/t16-,17-/m0/s1. The van der Waals surface area contributed by atoms with E-state index in [1.165, 1.54) is 11.8 Å². The first-order valence-electron chi connectivity index (χ1n) is 8.51. The molecule has 2 atom stereocenters. The van der Waals surface area contributed by atoms with Crippen molar-refractivity contribution in [2.45, 2.75) is 23.4 Å². The number of carbonyl (C=O) groups excluding carboxylic acids is 1. The molecule has 7 nitrogen and oxygen atoms in total. The highest BCUT2D eigenvalue weighted by Gasteiger charge is 2.37. The number of rotatable bonds is 4. The Hall–Kier alpha value is -3.00. The van der Waals surface area contributed by atoms with Gasteiger partial charge in [-0.25, -0.2) is 4.68 Å². The summed E-state index contributed by atoms with van der Waals surface area (Å²) in [5.74, 6) is 1.43. The van der Waals surface area contributed by atoms with Gasteiger partial charge in [0.1, 0.15) is 16.8 Å². The van der Waals surface area contributed by atoms with Gasteiger partial charge >= 0.3 is 0 Å². The fourth-order valence-corrected chi connectivity index (χ4v) is 4.08. The van der Waals surface area contributed by atoms with Crippen LogP contribution in [0.4, 0.5) is 5.69 Å². The van der Waals surface area contributed by atoms with E-state index in [2.05, 4.69) is 20.9 Å². The Labute approximate surface area is 161 Å². The molecule has 8 heteroatoms. The molecule has 4 rings (SSSR count). The van der Waals surface area contributed by atoms with Crippen LogP contribution in [-0.2, 0) is 4.79 Å². The second-order valence-corrected chi connectivity index (χ2v) is 7.25. The number of methoxy groups -OCH3 is 1. The van der Waals surface area contributed by atoms with E-state index in [4.69, 9.17) is 4.74 Å². The fraction of sp³-hybridized carbons (Fsp3) is 0.211. The summed E-state index contributed by atoms with van der Waals surface area (Å²) >= 11 is 1.40. The minimum atomic E-state index is -0.408. The van der Waals surface area contributed by atoms with Gasteiger partial charge in [0, 0.05) is 5.69 Å². The molecule has 0 aliphatic carbocycles. The number of aromatic nitrogens is 3. The first-order valence-corrected chi connectivity index (χ1v) is 9.39. The number of ether oxygens (including phenoxy) is 1. The van der Waals surface area contributed by atoms with Crippen molar-refractivity contribution in [3.05, 3.63) is 66.0 Å². The van der Waals surface area contributed by atoms with Crippen molar-refractivity contribution in [2.24, 2.45) is 0 Å². The molecule has 1 aromatic heterocycles. The summed E-state index contributed by atoms with van der Waals surface area (Å²) in [6, 6.07) is 16.9. The van der Waals surface area contributed by atoms with Crippen LogP contribution in [0.15, 0.2) is 59.8 Å². The van der Waals surface area contributed by atoms with Crippen molar-refractivity contribution >= 4 is 23.4 Å². The summed E-state index contributed by atoms with van der Waals surface area (Å²) in [7, 11) is 1.63. The maximum Gasteiger partial charge on any atom is 0.240 e. The van der Waals surface area contributed by atoms with Gasteiger partial charge in [-0.3, -0.25) is 4.79 Å². The topological polar surface area (TPSA) is 81.1 Å². The Morgan fingerprint density at radius 1 is 1.15 bits per heavy atom. The van der Waals surface area contributed by atoms with Crippen LogP contribution in [0.2, 0.25) is 0 Å². The SMILES string of the molecule is COc1ccc([C@@H]2Nn3c(C)nnc3S[C@@H]2C(=O)Nc2ccccc2)cc1. The molecule has 0 bridgehead atoms. The fourth-order valence-electron chi connectivity index (χ4n) is 2.96. The maximum absolute atomic E-state index is 13.0. The van der Waals surface area contributed by atoms with Crippen LogP contribution >= 0.6 is 11.8 Å². The normalized spacial score (nSPS) is 18.3. The van der Waals surface area contributed by atoms with Crippen LogP contribution in [0, 0.1) is 6.92 Å². The van der Waals surface area contributed by atoms with E-state index in [1.807, 2.05) is 66.2 Å². The summed E-state index contributed by atoms with van der Waals surface area (Å²) in [5, 5.41) is 11.5. The van der Waals surface area contributed by atoms with Crippen molar-refractivity contribution < 1.29 is 9.53 Å². The Morgan fingerprint density at radius 2 is 1.89 bits per heavy atom. The van der Waals surface area contributed by atoms with Gasteiger partial charge in [-0.15, -0.1) is 10.2 Å². The highest BCUT2D eigenvalue weighted by molar-refractivity contribution is 8.00. The number of nitrogens with zero attached hydrogens (tertiary/aromatic N) is 3. The smallest absolute Gasteiger partial charge is 0.240 e. The molecular formula is C19H19N5O2S. The number of anilines is 1. The molecule has 0 unspecified atom stereocenters. The zero-order valence-corrected chi connectivity index (χ0v) is 15.7. The molecule has 0 radical (unpaired) electrons. The number of aryl methyl sites for hydroxylation is 1. The van der Waals surface area contributed by atoms with Gasteiger partial charge < -0.3 is 15.5 Å². The van der Waals surface area contributed by atoms with E-state index in [0.717, 1.165) is 22.8 Å². The minimum absolute atomic E-state index is 0.0913. The lowest BCUT2D eigenvalue weighted by molar-refractivity contribution is -0.116. The Balaban J connectivity index is 1.66. The van der Waals surface area contributed by atoms with Crippen molar-refractivity contribution in [3.8, 4) is 5.75 Å². The summed E-state index contributed by atoms with van der Waals surface area (Å²) < 4.78 is 7.07. The molecule has 2 aromatic carbocycles. The van der Waals surface area contributed by atoms with E-state index < -0.39 is 5.25 Å². The number of fused-ring (bicyclic) bond motifs is 1. The van der Waals surface area contributed by atoms with Crippen LogP contribution in [0.25, 0.3) is 0 Å². The molecule has 2 N–H and O–H groups in total. The van der Waals surface area contributed by atoms with Gasteiger partial charge in [0.05, 0.1) is 13.2 Å². The summed E-state index contributed by atoms with van der Waals surface area (Å²) in [4.78, 5) is 13.0. The lowest BCUT2D eigenvalue weighted by Gasteiger charge is -2.32. The predicted molar refractivity (Wildman–Crippen MR) is 105 cm³/mol. The van der Waals surface area contributed by atoms with Crippen LogP contribution in [0.1, 0.15) is 17.4 Å². The third kappa shape index (κ3) is 3.48. The van der Waals surface area contributed by atoms with Crippen LogP contribution in [0.3, 0.4) is 0 Å². The van der Waals surface area contributed by atoms with Crippen molar-refractivity contribution in [2.75, 3.05) is 17.9 Å². The quantitative estimate of drug-likeness (QED) is 0.723. The molecular weight excluding hydrogens is 362 g/mol. The number of thioether (sulfide) groups is 1. The largest absolute Gasteiger partial charge is 0.497 e. The molecule has 1 aliphatic rings. The summed E-state index contributed by atoms with van der Waals surface area (Å²) in [5.41, 5.74) is 5.13. The molecule has 0 fully saturated rings. The zero-order valence-electron chi connectivity index (χ0n) is 14.9. The molecule has 0 spiro atoms. The van der Waals surface area contributed by atoms with Gasteiger partial charge in [0.15, 0.2) is 0 Å². The molecule has 138 valence electrons. The van der Waals surface area contributed by atoms with Gasteiger partial charge in [0.2, 0.25) is 11.1 Å². The average Bonchev–Trinajstić information content (AvgIpc) is 3.08. The lowest BCUT2D eigenvalue weighted by Crippen LogP contribution is -2.41. The number of para-hydroxylation sites is 1. The van der Waals surface area contributed by atoms with Gasteiger partial charge in [-0.1, -0.05) is 42.1 Å². The van der Waals surface area contributed by atoms with E-state index in [0.29, 0.717) is 5.16 Å². The monoisotopic (exact) mass is 381 g/mol. The Bertz CT molecular complexity index is 942. The third-order valence-electron chi connectivity index (χ3n) is 4.37. The highest BCUT2D eigenvalue weighted by Crippen LogP contribution is 2.37. The zero-order chi connectivity index (χ0) is 18.8. The number of nitrogens with one attached hydrogen (secondary N) is 2. The van der Waals surface area contributed by atoms with Crippen LogP contribution < -0.4 is 15.5 Å². The van der Waals surface area contributed by atoms with E-state index in [-0.39, 0.29) is 11.9 Å². The van der Waals surface area contributed by atoms with Gasteiger partial charge in [0.25, 0.3) is 0 Å². The number of amides is 1. The summed E-state index contributed by atoms with van der Waals surface area (Å²) in [6.07, 6.45) is 0. The molecule has 1 amide bonds. The first kappa shape index (κ1) is 17.4. The Morgan fingerprint density at radius 3 is 2.59 bits per heavy atom. The molecule has 0 saturated carbocycles. The summed E-state index contributed by atoms with van der Waals surface area (Å²) in [6.45, 7) is 1.87. The maximum atomic E-state index is 13.0. The predicted octanol–water partition coefficient (Wildman–Crippen LogP) is 2.99. The second-order valence-electron chi connectivity index (χ2n) is 6.14. The van der Waals surface area contributed by atoms with Crippen molar-refractivity contribution in [3.63, 3.8) is 0 Å². The van der Waals surface area contributed by atoms with Crippen molar-refractivity contribution in [1.29, 1.82) is 0 Å². The van der Waals surface area contributed by atoms with Crippen LogP contribution in [0.5, 0.6) is 5.75 Å². The highest BCUT2D eigenvalue weighted by atomic mass is 32.2. The number of hydrogen-bond acceptors (Lipinski definition) is 6. The van der Waals surface area contributed by atoms with Gasteiger partial charge in [-0.2, -0.15) is 0 Å². The first-order chi connectivity index (χ1) is 13.2. The average molecular weight is 381 g/mol. The molecule has 27 heavy (non-hydrogen) atoms. The third-order valence-corrected chi connectivity index (χ3v) is 5.59. The minimum Gasteiger partial charge on any atom is -0.497 e. The number of carbonyl (C=O) groups is 1. The van der Waals surface area contributed by atoms with E-state index >= 15 is 0 Å². The molecule has 3 aromatic rings. The van der Waals surface area contributed by atoms with Crippen LogP contribution in [-0.4, -0.2) is 33.1 Å². The van der Waals surface area contributed by atoms with Crippen molar-refractivity contribution in [1.82, 2.24) is 14.9 Å².